The number of nitrogens with zero attached hydrogens (tertiary/aromatic N) is 3. The van der Waals surface area contributed by atoms with E-state index in [1.165, 1.54) is 0 Å². The van der Waals surface area contributed by atoms with E-state index in [1.54, 1.807) is 0 Å². The number of hydrogen-bond donors (Lipinski definition) is 0. The van der Waals surface area contributed by atoms with Crippen molar-refractivity contribution < 1.29 is 4.79 Å². The molecule has 0 aromatic carbocycles. The molecule has 1 atom stereocenters. The number of ketones is 1. The van der Waals surface area contributed by atoms with Crippen molar-refractivity contribution in [2.75, 3.05) is 0 Å². The topological polar surface area (TPSA) is 47.8 Å². The lowest BCUT2D eigenvalue weighted by molar-refractivity contribution is -0.121. The zero-order valence-electron chi connectivity index (χ0n) is 10.8. The summed E-state index contributed by atoms with van der Waals surface area (Å²) in [5, 5.41) is 5.50. The Balaban J connectivity index is 2.07. The first-order valence-corrected chi connectivity index (χ1v) is 6.49. The summed E-state index contributed by atoms with van der Waals surface area (Å²) in [5.74, 6) is 0.345. The molecule has 1 fully saturated rings. The summed E-state index contributed by atoms with van der Waals surface area (Å²) in [5.41, 5.74) is 2.95. The second-order valence-corrected chi connectivity index (χ2v) is 5.10. The molecule has 0 aliphatic heterocycles. The second kappa shape index (κ2) is 4.19. The third-order valence-corrected chi connectivity index (χ3v) is 3.85. The summed E-state index contributed by atoms with van der Waals surface area (Å²) in [6, 6.07) is 2.05. The van der Waals surface area contributed by atoms with Crippen molar-refractivity contribution in [2.45, 2.75) is 38.5 Å². The Morgan fingerprint density at radius 2 is 2.22 bits per heavy atom. The Morgan fingerprint density at radius 3 is 3.00 bits per heavy atom. The van der Waals surface area contributed by atoms with Crippen LogP contribution in [0.2, 0.25) is 0 Å². The molecule has 3 rings (SSSR count). The minimum absolute atomic E-state index is 0.00255. The van der Waals surface area contributed by atoms with E-state index in [2.05, 4.69) is 10.1 Å². The zero-order chi connectivity index (χ0) is 12.7. The van der Waals surface area contributed by atoms with Crippen LogP contribution in [0.15, 0.2) is 12.3 Å². The zero-order valence-corrected chi connectivity index (χ0v) is 10.8. The lowest BCUT2D eigenvalue weighted by Gasteiger charge is -2.19. The maximum atomic E-state index is 12.0. The van der Waals surface area contributed by atoms with Crippen LogP contribution in [0.25, 0.3) is 10.9 Å². The van der Waals surface area contributed by atoms with Crippen LogP contribution in [0.3, 0.4) is 0 Å². The van der Waals surface area contributed by atoms with Gasteiger partial charge in [-0.15, -0.1) is 0 Å². The van der Waals surface area contributed by atoms with Crippen LogP contribution in [-0.2, 0) is 11.8 Å². The Hall–Kier alpha value is -1.71. The molecule has 1 unspecified atom stereocenters. The van der Waals surface area contributed by atoms with Crippen LogP contribution < -0.4 is 0 Å². The SMILES string of the molecule is Cc1nn(C)c2cnc(C3CCCCC3=O)cc12. The number of aromatic nitrogens is 3. The minimum Gasteiger partial charge on any atom is -0.299 e. The van der Waals surface area contributed by atoms with Gasteiger partial charge in [0.1, 0.15) is 5.78 Å². The Morgan fingerprint density at radius 1 is 1.39 bits per heavy atom. The highest BCUT2D eigenvalue weighted by Crippen LogP contribution is 2.30. The van der Waals surface area contributed by atoms with Gasteiger partial charge >= 0.3 is 0 Å². The van der Waals surface area contributed by atoms with Crippen molar-refractivity contribution in [1.82, 2.24) is 14.8 Å². The first kappa shape index (κ1) is 11.4. The predicted octanol–water partition coefficient (Wildman–Crippen LogP) is 2.50. The number of pyridine rings is 1. The van der Waals surface area contributed by atoms with Crippen LogP contribution in [0.4, 0.5) is 0 Å². The summed E-state index contributed by atoms with van der Waals surface area (Å²) < 4.78 is 1.84. The quantitative estimate of drug-likeness (QED) is 0.773. The van der Waals surface area contributed by atoms with E-state index in [-0.39, 0.29) is 5.92 Å². The number of carbonyl (C=O) groups is 1. The van der Waals surface area contributed by atoms with Gasteiger partial charge in [0.15, 0.2) is 0 Å². The Kier molecular flexibility index (Phi) is 2.65. The van der Waals surface area contributed by atoms with Gasteiger partial charge in [-0.3, -0.25) is 14.5 Å². The van der Waals surface area contributed by atoms with Gasteiger partial charge in [0, 0.05) is 18.9 Å². The molecule has 1 aliphatic rings. The van der Waals surface area contributed by atoms with Crippen molar-refractivity contribution >= 4 is 16.7 Å². The first-order chi connectivity index (χ1) is 8.66. The smallest absolute Gasteiger partial charge is 0.141 e. The fourth-order valence-electron chi connectivity index (χ4n) is 2.83. The molecular weight excluding hydrogens is 226 g/mol. The van der Waals surface area contributed by atoms with Crippen molar-refractivity contribution in [1.29, 1.82) is 0 Å². The van der Waals surface area contributed by atoms with E-state index < -0.39 is 0 Å². The third-order valence-electron chi connectivity index (χ3n) is 3.85. The molecule has 0 amide bonds. The number of hydrogen-bond acceptors (Lipinski definition) is 3. The molecule has 18 heavy (non-hydrogen) atoms. The minimum atomic E-state index is 0.00255. The van der Waals surface area contributed by atoms with Crippen LogP contribution in [0.1, 0.15) is 43.0 Å². The monoisotopic (exact) mass is 243 g/mol. The van der Waals surface area contributed by atoms with Gasteiger partial charge in [0.05, 0.1) is 29.0 Å². The van der Waals surface area contributed by atoms with Crippen LogP contribution in [-0.4, -0.2) is 20.5 Å². The van der Waals surface area contributed by atoms with Crippen molar-refractivity contribution in [3.63, 3.8) is 0 Å². The lowest BCUT2D eigenvalue weighted by atomic mass is 9.85. The molecule has 2 aromatic rings. The number of fused-ring (bicyclic) bond motifs is 1. The largest absolute Gasteiger partial charge is 0.299 e. The van der Waals surface area contributed by atoms with Crippen LogP contribution in [0, 0.1) is 6.92 Å². The molecule has 2 aromatic heterocycles. The van der Waals surface area contributed by atoms with Gasteiger partial charge in [-0.2, -0.15) is 5.10 Å². The van der Waals surface area contributed by atoms with Crippen LogP contribution in [0.5, 0.6) is 0 Å². The molecule has 0 saturated heterocycles. The van der Waals surface area contributed by atoms with Gasteiger partial charge in [-0.05, 0) is 25.8 Å². The maximum absolute atomic E-state index is 12.0. The molecule has 94 valence electrons. The molecule has 0 bridgehead atoms. The van der Waals surface area contributed by atoms with E-state index in [0.717, 1.165) is 41.6 Å². The number of aryl methyl sites for hydroxylation is 2. The van der Waals surface area contributed by atoms with E-state index in [4.69, 9.17) is 0 Å². The highest BCUT2D eigenvalue weighted by atomic mass is 16.1. The average Bonchev–Trinajstić information content (AvgIpc) is 2.65. The first-order valence-electron chi connectivity index (χ1n) is 6.49. The lowest BCUT2D eigenvalue weighted by Crippen LogP contribution is -2.18. The molecule has 4 heteroatoms. The number of carbonyl (C=O) groups excluding carboxylic acids is 1. The van der Waals surface area contributed by atoms with Crippen molar-refractivity contribution in [3.05, 3.63) is 23.7 Å². The van der Waals surface area contributed by atoms with Crippen LogP contribution >= 0.6 is 0 Å². The molecule has 4 nitrogen and oxygen atoms in total. The molecule has 1 saturated carbocycles. The van der Waals surface area contributed by atoms with E-state index in [1.807, 2.05) is 30.9 Å². The fourth-order valence-corrected chi connectivity index (χ4v) is 2.83. The average molecular weight is 243 g/mol. The van der Waals surface area contributed by atoms with Crippen molar-refractivity contribution in [2.24, 2.45) is 7.05 Å². The van der Waals surface area contributed by atoms with E-state index in [0.29, 0.717) is 12.2 Å². The molecule has 1 aliphatic carbocycles. The van der Waals surface area contributed by atoms with Gasteiger partial charge in [-0.1, -0.05) is 6.42 Å². The normalized spacial score (nSPS) is 20.6. The van der Waals surface area contributed by atoms with E-state index >= 15 is 0 Å². The summed E-state index contributed by atoms with van der Waals surface area (Å²) in [6.07, 6.45) is 5.64. The second-order valence-electron chi connectivity index (χ2n) is 5.10. The predicted molar refractivity (Wildman–Crippen MR) is 69.5 cm³/mol. The van der Waals surface area contributed by atoms with Gasteiger partial charge in [0.25, 0.3) is 0 Å². The standard InChI is InChI=1S/C14H17N3O/c1-9-11-7-12(10-5-3-4-6-14(10)18)15-8-13(11)17(2)16-9/h7-8,10H,3-6H2,1-2H3. The summed E-state index contributed by atoms with van der Waals surface area (Å²) >= 11 is 0. The summed E-state index contributed by atoms with van der Waals surface area (Å²) in [6.45, 7) is 1.99. The Labute approximate surface area is 106 Å². The molecule has 2 heterocycles. The van der Waals surface area contributed by atoms with Crippen molar-refractivity contribution in [3.8, 4) is 0 Å². The molecule has 0 spiro atoms. The van der Waals surface area contributed by atoms with Gasteiger partial charge in [0.2, 0.25) is 0 Å². The number of Topliss-reactive ketones (excluding diaryl/α,β-unsaturated/α-hetero) is 1. The fraction of sp³-hybridized carbons (Fsp3) is 0.500. The highest BCUT2D eigenvalue weighted by Gasteiger charge is 2.25. The number of rotatable bonds is 1. The van der Waals surface area contributed by atoms with Gasteiger partial charge < -0.3 is 0 Å². The van der Waals surface area contributed by atoms with E-state index in [9.17, 15) is 4.79 Å². The highest BCUT2D eigenvalue weighted by molar-refractivity contribution is 5.88. The van der Waals surface area contributed by atoms with Gasteiger partial charge in [-0.25, -0.2) is 0 Å². The summed E-state index contributed by atoms with van der Waals surface area (Å²) in [7, 11) is 1.92. The summed E-state index contributed by atoms with van der Waals surface area (Å²) in [4.78, 5) is 16.4. The molecule has 0 radical (unpaired) electrons. The molecule has 0 N–H and O–H groups in total. The maximum Gasteiger partial charge on any atom is 0.141 e. The molecular formula is C14H17N3O. The Bertz CT molecular complexity index is 615. The third kappa shape index (κ3) is 1.72.